The van der Waals surface area contributed by atoms with Crippen LogP contribution < -0.4 is 5.73 Å². The molecule has 0 spiro atoms. The standard InChI is InChI=1S/C19H27N3/c1-13-19(15-5-3-4-6-18(15)21(13)2)16(11-20)17-12-22-9-7-14(17)8-10-22/h3-6,14,16-17H,7-12,20H2,1-2H3. The van der Waals surface area contributed by atoms with Gasteiger partial charge in [-0.25, -0.2) is 0 Å². The van der Waals surface area contributed by atoms with Crippen LogP contribution in [0.15, 0.2) is 24.3 Å². The summed E-state index contributed by atoms with van der Waals surface area (Å²) in [7, 11) is 2.19. The first-order chi connectivity index (χ1) is 10.7. The maximum atomic E-state index is 6.31. The quantitative estimate of drug-likeness (QED) is 0.945. The van der Waals surface area contributed by atoms with E-state index in [1.807, 2.05) is 0 Å². The van der Waals surface area contributed by atoms with Crippen LogP contribution in [0, 0.1) is 18.8 Å². The Morgan fingerprint density at radius 3 is 2.59 bits per heavy atom. The van der Waals surface area contributed by atoms with E-state index >= 15 is 0 Å². The van der Waals surface area contributed by atoms with E-state index in [4.69, 9.17) is 5.73 Å². The number of benzene rings is 1. The lowest BCUT2D eigenvalue weighted by atomic mass is 9.70. The van der Waals surface area contributed by atoms with Crippen molar-refractivity contribution in [1.29, 1.82) is 0 Å². The monoisotopic (exact) mass is 297 g/mol. The molecule has 3 fully saturated rings. The minimum atomic E-state index is 0.499. The molecule has 22 heavy (non-hydrogen) atoms. The Balaban J connectivity index is 1.81. The second-order valence-corrected chi connectivity index (χ2v) is 7.22. The van der Waals surface area contributed by atoms with Crippen molar-refractivity contribution in [2.45, 2.75) is 25.7 Å². The SMILES string of the molecule is Cc1c(C(CN)C2CN3CCC2CC3)c2ccccc2n1C. The molecule has 1 aromatic heterocycles. The van der Waals surface area contributed by atoms with Crippen LogP contribution in [-0.2, 0) is 7.05 Å². The highest BCUT2D eigenvalue weighted by molar-refractivity contribution is 5.86. The summed E-state index contributed by atoms with van der Waals surface area (Å²) in [6.07, 6.45) is 2.73. The summed E-state index contributed by atoms with van der Waals surface area (Å²) in [5.41, 5.74) is 10.6. The highest BCUT2D eigenvalue weighted by atomic mass is 15.1. The third kappa shape index (κ3) is 2.03. The van der Waals surface area contributed by atoms with Gasteiger partial charge in [0.1, 0.15) is 0 Å². The van der Waals surface area contributed by atoms with E-state index in [1.165, 1.54) is 54.6 Å². The van der Waals surface area contributed by atoms with Crippen molar-refractivity contribution >= 4 is 10.9 Å². The molecule has 2 atom stereocenters. The Kier molecular flexibility index (Phi) is 3.50. The average Bonchev–Trinajstić information content (AvgIpc) is 2.83. The lowest BCUT2D eigenvalue weighted by Gasteiger charge is -2.47. The first kappa shape index (κ1) is 14.3. The number of nitrogens with zero attached hydrogens (tertiary/aromatic N) is 2. The molecule has 3 nitrogen and oxygen atoms in total. The van der Waals surface area contributed by atoms with Crippen molar-refractivity contribution < 1.29 is 0 Å². The Morgan fingerprint density at radius 2 is 1.95 bits per heavy atom. The van der Waals surface area contributed by atoms with Gasteiger partial charge in [-0.1, -0.05) is 18.2 Å². The molecule has 1 aromatic carbocycles. The summed E-state index contributed by atoms with van der Waals surface area (Å²) >= 11 is 0. The number of aryl methyl sites for hydroxylation is 1. The van der Waals surface area contributed by atoms with Crippen LogP contribution in [0.2, 0.25) is 0 Å². The average molecular weight is 297 g/mol. The van der Waals surface area contributed by atoms with Gasteiger partial charge in [-0.3, -0.25) is 0 Å². The van der Waals surface area contributed by atoms with Gasteiger partial charge in [-0.05, 0) is 62.9 Å². The Bertz CT molecular complexity index is 679. The number of piperidine rings is 3. The van der Waals surface area contributed by atoms with Crippen molar-refractivity contribution in [3.8, 4) is 0 Å². The smallest absolute Gasteiger partial charge is 0.0482 e. The fraction of sp³-hybridized carbons (Fsp3) is 0.579. The molecule has 5 rings (SSSR count). The number of hydrogen-bond acceptors (Lipinski definition) is 2. The first-order valence-electron chi connectivity index (χ1n) is 8.67. The molecule has 0 saturated carbocycles. The van der Waals surface area contributed by atoms with Crippen LogP contribution in [0.5, 0.6) is 0 Å². The zero-order valence-electron chi connectivity index (χ0n) is 13.8. The summed E-state index contributed by atoms with van der Waals surface area (Å²) < 4.78 is 2.34. The van der Waals surface area contributed by atoms with Gasteiger partial charge in [0.25, 0.3) is 0 Å². The van der Waals surface area contributed by atoms with Crippen molar-refractivity contribution in [1.82, 2.24) is 9.47 Å². The van der Waals surface area contributed by atoms with Crippen molar-refractivity contribution in [3.05, 3.63) is 35.5 Å². The Morgan fingerprint density at radius 1 is 1.23 bits per heavy atom. The maximum absolute atomic E-state index is 6.31. The lowest BCUT2D eigenvalue weighted by molar-refractivity contribution is 0.0380. The highest BCUT2D eigenvalue weighted by Gasteiger charge is 2.39. The summed E-state index contributed by atoms with van der Waals surface area (Å²) in [5, 5.41) is 1.41. The van der Waals surface area contributed by atoms with Crippen LogP contribution in [0.25, 0.3) is 10.9 Å². The number of para-hydroxylation sites is 1. The molecule has 3 aliphatic heterocycles. The molecule has 0 amide bonds. The zero-order valence-corrected chi connectivity index (χ0v) is 13.8. The fourth-order valence-electron chi connectivity index (χ4n) is 4.99. The van der Waals surface area contributed by atoms with Gasteiger partial charge >= 0.3 is 0 Å². The Hall–Kier alpha value is -1.32. The normalized spacial score (nSPS) is 29.1. The molecular weight excluding hydrogens is 270 g/mol. The summed E-state index contributed by atoms with van der Waals surface area (Å²) in [5.74, 6) is 2.10. The number of nitrogens with two attached hydrogens (primary N) is 1. The lowest BCUT2D eigenvalue weighted by Crippen LogP contribution is -2.50. The number of aromatic nitrogens is 1. The third-order valence-electron chi connectivity index (χ3n) is 6.30. The number of hydrogen-bond donors (Lipinski definition) is 1. The van der Waals surface area contributed by atoms with Crippen molar-refractivity contribution in [3.63, 3.8) is 0 Å². The van der Waals surface area contributed by atoms with Gasteiger partial charge in [0, 0.05) is 36.1 Å². The van der Waals surface area contributed by atoms with Crippen molar-refractivity contribution in [2.75, 3.05) is 26.2 Å². The number of fused-ring (bicyclic) bond motifs is 4. The molecule has 0 radical (unpaired) electrons. The molecule has 3 heteroatoms. The molecule has 3 aliphatic rings. The molecule has 0 aliphatic carbocycles. The summed E-state index contributed by atoms with van der Waals surface area (Å²) in [6.45, 7) is 6.87. The van der Waals surface area contributed by atoms with Crippen LogP contribution in [0.4, 0.5) is 0 Å². The topological polar surface area (TPSA) is 34.2 Å². The van der Waals surface area contributed by atoms with Crippen LogP contribution in [0.1, 0.15) is 30.0 Å². The second kappa shape index (κ2) is 5.39. The number of rotatable bonds is 3. The fourth-order valence-corrected chi connectivity index (χ4v) is 4.99. The zero-order chi connectivity index (χ0) is 15.3. The van der Waals surface area contributed by atoms with Gasteiger partial charge in [0.2, 0.25) is 0 Å². The first-order valence-corrected chi connectivity index (χ1v) is 8.67. The molecule has 118 valence electrons. The van der Waals surface area contributed by atoms with Crippen LogP contribution in [0.3, 0.4) is 0 Å². The van der Waals surface area contributed by atoms with E-state index in [0.717, 1.165) is 18.4 Å². The van der Waals surface area contributed by atoms with E-state index in [1.54, 1.807) is 0 Å². The van der Waals surface area contributed by atoms with E-state index in [-0.39, 0.29) is 0 Å². The molecule has 2 N–H and O–H groups in total. The van der Waals surface area contributed by atoms with Gasteiger partial charge in [-0.15, -0.1) is 0 Å². The largest absolute Gasteiger partial charge is 0.348 e. The van der Waals surface area contributed by atoms with Gasteiger partial charge in [-0.2, -0.15) is 0 Å². The highest BCUT2D eigenvalue weighted by Crippen LogP contribution is 2.43. The molecule has 2 unspecified atom stereocenters. The predicted octanol–water partition coefficient (Wildman–Crippen LogP) is 2.87. The summed E-state index contributed by atoms with van der Waals surface area (Å²) in [6, 6.07) is 8.81. The second-order valence-electron chi connectivity index (χ2n) is 7.22. The van der Waals surface area contributed by atoms with Gasteiger partial charge < -0.3 is 15.2 Å². The van der Waals surface area contributed by atoms with E-state index in [9.17, 15) is 0 Å². The minimum Gasteiger partial charge on any atom is -0.348 e. The van der Waals surface area contributed by atoms with Crippen LogP contribution in [-0.4, -0.2) is 35.6 Å². The molecular formula is C19H27N3. The predicted molar refractivity (Wildman–Crippen MR) is 92.1 cm³/mol. The third-order valence-corrected chi connectivity index (χ3v) is 6.30. The summed E-state index contributed by atoms with van der Waals surface area (Å²) in [4.78, 5) is 2.65. The maximum Gasteiger partial charge on any atom is 0.0482 e. The van der Waals surface area contributed by atoms with Crippen LogP contribution >= 0.6 is 0 Å². The minimum absolute atomic E-state index is 0.499. The van der Waals surface area contributed by atoms with E-state index in [0.29, 0.717) is 5.92 Å². The molecule has 2 bridgehead atoms. The Labute approximate surface area is 133 Å². The molecule has 2 aromatic rings. The van der Waals surface area contributed by atoms with E-state index < -0.39 is 0 Å². The van der Waals surface area contributed by atoms with Gasteiger partial charge in [0.05, 0.1) is 0 Å². The molecule has 3 saturated heterocycles. The molecule has 4 heterocycles. The van der Waals surface area contributed by atoms with Crippen molar-refractivity contribution in [2.24, 2.45) is 24.6 Å². The van der Waals surface area contributed by atoms with Gasteiger partial charge in [0.15, 0.2) is 0 Å². The van der Waals surface area contributed by atoms with E-state index in [2.05, 4.69) is 47.7 Å².